The van der Waals surface area contributed by atoms with Crippen molar-refractivity contribution < 1.29 is 27.5 Å². The number of hydrogen-bond donors (Lipinski definition) is 0. The molecule has 8 heteroatoms. The summed E-state index contributed by atoms with van der Waals surface area (Å²) >= 11 is 0. The van der Waals surface area contributed by atoms with Crippen LogP contribution in [0.2, 0.25) is 0 Å². The highest BCUT2D eigenvalue weighted by atomic mass is 19.1. The van der Waals surface area contributed by atoms with Gasteiger partial charge in [0.2, 0.25) is 0 Å². The van der Waals surface area contributed by atoms with E-state index in [4.69, 9.17) is 4.74 Å². The predicted molar refractivity (Wildman–Crippen MR) is 129 cm³/mol. The first kappa shape index (κ1) is 24.8. The number of hydrogen-bond acceptors (Lipinski definition) is 4. The molecule has 0 aromatic heterocycles. The minimum Gasteiger partial charge on any atom is -0.466 e. The molecule has 0 radical (unpaired) electrons. The number of likely N-dealkylation sites (tertiary alicyclic amines) is 1. The van der Waals surface area contributed by atoms with E-state index in [0.717, 1.165) is 56.5 Å². The quantitative estimate of drug-likeness (QED) is 0.541. The van der Waals surface area contributed by atoms with Gasteiger partial charge in [0.05, 0.1) is 12.5 Å². The third kappa shape index (κ3) is 4.40. The highest BCUT2D eigenvalue weighted by Crippen LogP contribution is 2.48. The lowest BCUT2D eigenvalue weighted by Gasteiger charge is -2.44. The average molecular weight is 501 g/mol. The summed E-state index contributed by atoms with van der Waals surface area (Å²) in [7, 11) is 0. The number of carbonyl (C=O) groups is 2. The standard InChI is InChI=1S/C28H31F3N2O3/c1-2-36-27(35)18-6-9-20(10-7-18)32-14-12-28(13-15-32)17-33(24-11-8-19(29)16-21(24)28)26(34)25-22(30)4-3-5-23(25)31/h3-5,8,11,16,18,20H,2,6-7,9-10,12-15,17H2,1H3. The number of rotatable bonds is 4. The molecular weight excluding hydrogens is 469 g/mol. The lowest BCUT2D eigenvalue weighted by molar-refractivity contribution is -0.149. The zero-order valence-electron chi connectivity index (χ0n) is 20.4. The molecule has 192 valence electrons. The fraction of sp³-hybridized carbons (Fsp3) is 0.500. The van der Waals surface area contributed by atoms with Gasteiger partial charge in [0.1, 0.15) is 23.0 Å². The molecule has 1 saturated heterocycles. The van der Waals surface area contributed by atoms with Gasteiger partial charge in [0, 0.05) is 23.7 Å². The van der Waals surface area contributed by atoms with Crippen molar-refractivity contribution >= 4 is 17.6 Å². The number of esters is 1. The summed E-state index contributed by atoms with van der Waals surface area (Å²) in [5, 5.41) is 0. The van der Waals surface area contributed by atoms with Gasteiger partial charge in [-0.1, -0.05) is 6.07 Å². The van der Waals surface area contributed by atoms with Crippen molar-refractivity contribution in [1.29, 1.82) is 0 Å². The Morgan fingerprint density at radius 2 is 1.67 bits per heavy atom. The number of amides is 1. The minimum atomic E-state index is -0.905. The number of halogens is 3. The molecule has 1 spiro atoms. The maximum Gasteiger partial charge on any atom is 0.308 e. The lowest BCUT2D eigenvalue weighted by Crippen LogP contribution is -2.50. The summed E-state index contributed by atoms with van der Waals surface area (Å²) in [5.74, 6) is -3.07. The molecule has 3 aliphatic rings. The summed E-state index contributed by atoms with van der Waals surface area (Å²) in [6, 6.07) is 8.05. The SMILES string of the molecule is CCOC(=O)C1CCC(N2CCC3(CC2)CN(C(=O)c2c(F)cccc2F)c2ccc(F)cc23)CC1. The van der Waals surface area contributed by atoms with Crippen LogP contribution in [0.1, 0.15) is 61.4 Å². The van der Waals surface area contributed by atoms with E-state index in [0.29, 0.717) is 31.2 Å². The number of fused-ring (bicyclic) bond motifs is 2. The van der Waals surface area contributed by atoms with Crippen molar-refractivity contribution in [3.05, 3.63) is 65.0 Å². The highest BCUT2D eigenvalue weighted by molar-refractivity contribution is 6.08. The maximum atomic E-state index is 14.4. The molecule has 0 N–H and O–H groups in total. The van der Waals surface area contributed by atoms with E-state index in [1.165, 1.54) is 23.1 Å². The van der Waals surface area contributed by atoms with Gasteiger partial charge in [-0.2, -0.15) is 0 Å². The van der Waals surface area contributed by atoms with Gasteiger partial charge < -0.3 is 14.5 Å². The summed E-state index contributed by atoms with van der Waals surface area (Å²) in [6.07, 6.45) is 4.92. The molecular formula is C28H31F3N2O3. The second-order valence-corrected chi connectivity index (χ2v) is 10.2. The molecule has 2 heterocycles. The molecule has 0 bridgehead atoms. The third-order valence-corrected chi connectivity index (χ3v) is 8.29. The molecule has 1 saturated carbocycles. The smallest absolute Gasteiger partial charge is 0.308 e. The molecule has 1 aliphatic carbocycles. The zero-order valence-corrected chi connectivity index (χ0v) is 20.4. The van der Waals surface area contributed by atoms with Crippen LogP contribution < -0.4 is 4.90 Å². The van der Waals surface area contributed by atoms with E-state index in [2.05, 4.69) is 4.90 Å². The van der Waals surface area contributed by atoms with Gasteiger partial charge in [-0.25, -0.2) is 13.2 Å². The van der Waals surface area contributed by atoms with E-state index >= 15 is 0 Å². The Morgan fingerprint density at radius 1 is 1.00 bits per heavy atom. The van der Waals surface area contributed by atoms with Crippen molar-refractivity contribution in [3.63, 3.8) is 0 Å². The summed E-state index contributed by atoms with van der Waals surface area (Å²) in [6.45, 7) is 4.04. The van der Waals surface area contributed by atoms with Crippen LogP contribution in [0.15, 0.2) is 36.4 Å². The van der Waals surface area contributed by atoms with E-state index < -0.39 is 28.5 Å². The molecule has 2 aromatic rings. The first-order valence-corrected chi connectivity index (χ1v) is 12.8. The van der Waals surface area contributed by atoms with E-state index in [1.807, 2.05) is 6.92 Å². The predicted octanol–water partition coefficient (Wildman–Crippen LogP) is 5.22. The average Bonchev–Trinajstić information content (AvgIpc) is 3.17. The van der Waals surface area contributed by atoms with E-state index in [1.54, 1.807) is 6.07 Å². The monoisotopic (exact) mass is 500 g/mol. The van der Waals surface area contributed by atoms with Crippen LogP contribution in [0.5, 0.6) is 0 Å². The van der Waals surface area contributed by atoms with Crippen molar-refractivity contribution in [3.8, 4) is 0 Å². The number of piperidine rings is 1. The Kier molecular flexibility index (Phi) is 6.81. The van der Waals surface area contributed by atoms with Crippen LogP contribution >= 0.6 is 0 Å². The van der Waals surface area contributed by atoms with Gasteiger partial charge in [0.15, 0.2) is 0 Å². The Morgan fingerprint density at radius 3 is 2.31 bits per heavy atom. The van der Waals surface area contributed by atoms with Crippen molar-refractivity contribution in [2.24, 2.45) is 5.92 Å². The van der Waals surface area contributed by atoms with Crippen LogP contribution in [-0.2, 0) is 14.9 Å². The highest BCUT2D eigenvalue weighted by Gasteiger charge is 2.48. The van der Waals surface area contributed by atoms with Crippen LogP contribution in [0, 0.1) is 23.4 Å². The van der Waals surface area contributed by atoms with Gasteiger partial charge in [-0.05, 0) is 94.4 Å². The summed E-state index contributed by atoms with van der Waals surface area (Å²) in [4.78, 5) is 29.2. The largest absolute Gasteiger partial charge is 0.466 e. The maximum absolute atomic E-state index is 14.4. The number of anilines is 1. The molecule has 0 atom stereocenters. The molecule has 0 unspecified atom stereocenters. The van der Waals surface area contributed by atoms with Crippen LogP contribution in [-0.4, -0.2) is 49.1 Å². The Labute approximate surface area is 209 Å². The van der Waals surface area contributed by atoms with Crippen molar-refractivity contribution in [1.82, 2.24) is 4.90 Å². The number of nitrogens with zero attached hydrogens (tertiary/aromatic N) is 2. The Bertz CT molecular complexity index is 1130. The second-order valence-electron chi connectivity index (χ2n) is 10.2. The summed E-state index contributed by atoms with van der Waals surface area (Å²) < 4.78 is 48.4. The van der Waals surface area contributed by atoms with Crippen LogP contribution in [0.25, 0.3) is 0 Å². The molecule has 2 aliphatic heterocycles. The Balaban J connectivity index is 1.32. The lowest BCUT2D eigenvalue weighted by atomic mass is 9.73. The molecule has 5 rings (SSSR count). The number of benzene rings is 2. The molecule has 2 fully saturated rings. The van der Waals surface area contributed by atoms with Gasteiger partial charge >= 0.3 is 5.97 Å². The van der Waals surface area contributed by atoms with E-state index in [9.17, 15) is 22.8 Å². The van der Waals surface area contributed by atoms with E-state index in [-0.39, 0.29) is 24.2 Å². The van der Waals surface area contributed by atoms with Gasteiger partial charge in [0.25, 0.3) is 5.91 Å². The molecule has 36 heavy (non-hydrogen) atoms. The first-order valence-electron chi connectivity index (χ1n) is 12.8. The van der Waals surface area contributed by atoms with Crippen LogP contribution in [0.3, 0.4) is 0 Å². The van der Waals surface area contributed by atoms with Crippen molar-refractivity contribution in [2.75, 3.05) is 31.1 Å². The van der Waals surface area contributed by atoms with Gasteiger partial charge in [-0.15, -0.1) is 0 Å². The normalized spacial score (nSPS) is 23.5. The number of ether oxygens (including phenoxy) is 1. The summed E-state index contributed by atoms with van der Waals surface area (Å²) in [5.41, 5.74) is 0.208. The third-order valence-electron chi connectivity index (χ3n) is 8.29. The fourth-order valence-corrected chi connectivity index (χ4v) is 6.34. The molecule has 1 amide bonds. The fourth-order valence-electron chi connectivity index (χ4n) is 6.34. The molecule has 2 aromatic carbocycles. The Hall–Kier alpha value is -2.87. The molecule has 5 nitrogen and oxygen atoms in total. The number of carbonyl (C=O) groups excluding carboxylic acids is 2. The van der Waals surface area contributed by atoms with Crippen LogP contribution in [0.4, 0.5) is 18.9 Å². The second kappa shape index (κ2) is 9.88. The first-order chi connectivity index (χ1) is 17.3. The van der Waals surface area contributed by atoms with Gasteiger partial charge in [-0.3, -0.25) is 9.59 Å². The van der Waals surface area contributed by atoms with Crippen molar-refractivity contribution in [2.45, 2.75) is 56.9 Å². The topological polar surface area (TPSA) is 49.9 Å². The zero-order chi connectivity index (χ0) is 25.4. The minimum absolute atomic E-state index is 0.0274.